The van der Waals surface area contributed by atoms with Crippen molar-refractivity contribution >= 4 is 19.2 Å². The van der Waals surface area contributed by atoms with Crippen LogP contribution >= 0.6 is 7.37 Å². The highest BCUT2D eigenvalue weighted by molar-refractivity contribution is 7.58. The lowest BCUT2D eigenvalue weighted by Crippen LogP contribution is -2.43. The van der Waals surface area contributed by atoms with Crippen molar-refractivity contribution in [2.75, 3.05) is 6.16 Å². The molecule has 0 saturated carbocycles. The number of carboxylic acids is 1. The van der Waals surface area contributed by atoms with E-state index >= 15 is 0 Å². The van der Waals surface area contributed by atoms with Crippen LogP contribution in [0.3, 0.4) is 0 Å². The largest absolute Gasteiger partial charge is 0.480 e. The molecule has 0 spiro atoms. The van der Waals surface area contributed by atoms with Gasteiger partial charge in [0.15, 0.2) is 0 Å². The molecule has 3 aromatic rings. The van der Waals surface area contributed by atoms with Gasteiger partial charge in [0.2, 0.25) is 13.3 Å². The molecule has 0 heterocycles. The average molecular weight is 481 g/mol. The number of carbonyl (C=O) groups excluding carboxylic acids is 1. The van der Waals surface area contributed by atoms with E-state index < -0.39 is 37.0 Å². The number of carbonyl (C=O) groups is 2. The fourth-order valence-corrected chi connectivity index (χ4v) is 5.49. The zero-order valence-corrected chi connectivity index (χ0v) is 19.8. The summed E-state index contributed by atoms with van der Waals surface area (Å²) in [5.41, 5.74) is 9.45. The Morgan fingerprint density at radius 2 is 1.44 bits per heavy atom. The van der Waals surface area contributed by atoms with Gasteiger partial charge in [0, 0.05) is 6.16 Å². The maximum atomic E-state index is 13.2. The highest BCUT2D eigenvalue weighted by atomic mass is 31.2. The van der Waals surface area contributed by atoms with Gasteiger partial charge in [-0.1, -0.05) is 84.9 Å². The first-order valence-electron chi connectivity index (χ1n) is 11.0. The van der Waals surface area contributed by atoms with Crippen LogP contribution in [0.1, 0.15) is 23.8 Å². The minimum Gasteiger partial charge on any atom is -0.480 e. The zero-order chi connectivity index (χ0) is 24.7. The van der Waals surface area contributed by atoms with Gasteiger partial charge in [-0.15, -0.1) is 0 Å². The Kier molecular flexibility index (Phi) is 8.40. The number of rotatable bonds is 10. The normalized spacial score (nSPS) is 15.5. The van der Waals surface area contributed by atoms with Gasteiger partial charge in [0.25, 0.3) is 0 Å². The molecule has 7 nitrogen and oxygen atoms in total. The first-order chi connectivity index (χ1) is 16.2. The monoisotopic (exact) mass is 480 g/mol. The van der Waals surface area contributed by atoms with Crippen LogP contribution in [-0.4, -0.2) is 34.1 Å². The van der Waals surface area contributed by atoms with Crippen molar-refractivity contribution in [3.8, 4) is 11.1 Å². The van der Waals surface area contributed by atoms with Crippen LogP contribution in [0.5, 0.6) is 0 Å². The molecule has 0 bridgehead atoms. The topological polar surface area (TPSA) is 130 Å². The summed E-state index contributed by atoms with van der Waals surface area (Å²) in [4.78, 5) is 35.0. The lowest BCUT2D eigenvalue weighted by atomic mass is 9.97. The highest BCUT2D eigenvalue weighted by Gasteiger charge is 2.35. The van der Waals surface area contributed by atoms with E-state index in [0.29, 0.717) is 5.56 Å². The molecule has 0 radical (unpaired) electrons. The van der Waals surface area contributed by atoms with Crippen LogP contribution in [0.2, 0.25) is 0 Å². The zero-order valence-electron chi connectivity index (χ0n) is 18.9. The standard InChI is InChI=1S/C26H29N2O5P/c1-18(26(30)31)28-25(29)23(17-34(32,33)24(27)22-10-6-3-7-11-22)16-19-12-14-21(15-13-19)20-8-4-2-5-9-20/h2-15,18,23-24H,16-17,27H2,1H3,(H,28,29)(H,30,31)(H,32,33)/t18-,23+,24?/m0/s1. The second kappa shape index (κ2) is 11.3. The van der Waals surface area contributed by atoms with E-state index in [4.69, 9.17) is 5.73 Å². The molecular weight excluding hydrogens is 451 g/mol. The molecule has 178 valence electrons. The molecule has 5 N–H and O–H groups in total. The van der Waals surface area contributed by atoms with E-state index in [9.17, 15) is 24.2 Å². The molecule has 2 unspecified atom stereocenters. The Bertz CT molecular complexity index is 1150. The summed E-state index contributed by atoms with van der Waals surface area (Å²) in [5, 5.41) is 11.6. The predicted molar refractivity (Wildman–Crippen MR) is 132 cm³/mol. The highest BCUT2D eigenvalue weighted by Crippen LogP contribution is 2.54. The van der Waals surface area contributed by atoms with Crippen molar-refractivity contribution in [3.63, 3.8) is 0 Å². The molecule has 8 heteroatoms. The summed E-state index contributed by atoms with van der Waals surface area (Å²) in [7, 11) is -4.01. The molecule has 0 aliphatic rings. The minimum absolute atomic E-state index is 0.166. The van der Waals surface area contributed by atoms with Crippen LogP contribution < -0.4 is 11.1 Å². The quantitative estimate of drug-likeness (QED) is 0.324. The van der Waals surface area contributed by atoms with Gasteiger partial charge in [-0.25, -0.2) is 0 Å². The number of nitrogens with two attached hydrogens (primary N) is 1. The van der Waals surface area contributed by atoms with E-state index in [1.165, 1.54) is 6.92 Å². The van der Waals surface area contributed by atoms with Gasteiger partial charge in [0.1, 0.15) is 11.8 Å². The summed E-state index contributed by atoms with van der Waals surface area (Å²) >= 11 is 0. The maximum Gasteiger partial charge on any atom is 0.325 e. The number of nitrogens with one attached hydrogen (secondary N) is 1. The number of aliphatic carboxylic acids is 1. The molecule has 0 fully saturated rings. The number of carboxylic acid groups (broad SMARTS) is 1. The van der Waals surface area contributed by atoms with E-state index in [1.54, 1.807) is 30.3 Å². The molecule has 0 saturated heterocycles. The maximum absolute atomic E-state index is 13.2. The van der Waals surface area contributed by atoms with Gasteiger partial charge in [0.05, 0.1) is 5.92 Å². The van der Waals surface area contributed by atoms with E-state index in [1.807, 2.05) is 54.6 Å². The van der Waals surface area contributed by atoms with Crippen molar-refractivity contribution in [1.82, 2.24) is 5.32 Å². The van der Waals surface area contributed by atoms with E-state index in [-0.39, 0.29) is 12.6 Å². The second-order valence-electron chi connectivity index (χ2n) is 8.33. The van der Waals surface area contributed by atoms with Crippen LogP contribution in [-0.2, 0) is 20.6 Å². The first-order valence-corrected chi connectivity index (χ1v) is 12.9. The van der Waals surface area contributed by atoms with Crippen molar-refractivity contribution in [2.24, 2.45) is 11.7 Å². The van der Waals surface area contributed by atoms with Crippen LogP contribution in [0.15, 0.2) is 84.9 Å². The summed E-state index contributed by atoms with van der Waals surface area (Å²) in [5.74, 6) is -3.87. The van der Waals surface area contributed by atoms with Gasteiger partial charge in [-0.2, -0.15) is 0 Å². The molecule has 34 heavy (non-hydrogen) atoms. The summed E-state index contributed by atoms with van der Waals surface area (Å²) in [6.07, 6.45) is -0.207. The molecule has 3 rings (SSSR count). The SMILES string of the molecule is C[C@H](NC(=O)[C@H](Cc1ccc(-c2ccccc2)cc1)CP(=O)(O)C(N)c1ccccc1)C(=O)O. The van der Waals surface area contributed by atoms with Crippen molar-refractivity contribution < 1.29 is 24.2 Å². The van der Waals surface area contributed by atoms with Crippen molar-refractivity contribution in [1.29, 1.82) is 0 Å². The lowest BCUT2D eigenvalue weighted by Gasteiger charge is -2.25. The smallest absolute Gasteiger partial charge is 0.325 e. The average Bonchev–Trinajstić information content (AvgIpc) is 2.84. The van der Waals surface area contributed by atoms with Gasteiger partial charge in [-0.05, 0) is 35.6 Å². The summed E-state index contributed by atoms with van der Waals surface area (Å²) < 4.78 is 13.2. The van der Waals surface area contributed by atoms with E-state index in [2.05, 4.69) is 5.32 Å². The third-order valence-corrected chi connectivity index (χ3v) is 7.83. The van der Waals surface area contributed by atoms with Crippen LogP contribution in [0, 0.1) is 5.92 Å². The summed E-state index contributed by atoms with van der Waals surface area (Å²) in [6.45, 7) is 1.35. The van der Waals surface area contributed by atoms with Crippen LogP contribution in [0.25, 0.3) is 11.1 Å². The van der Waals surface area contributed by atoms with Gasteiger partial charge in [-0.3, -0.25) is 14.2 Å². The van der Waals surface area contributed by atoms with Crippen LogP contribution in [0.4, 0.5) is 0 Å². The third-order valence-electron chi connectivity index (χ3n) is 5.70. The van der Waals surface area contributed by atoms with E-state index in [0.717, 1.165) is 16.7 Å². The molecule has 0 aliphatic carbocycles. The molecular formula is C26H29N2O5P. The second-order valence-corrected chi connectivity index (χ2v) is 10.8. The molecule has 4 atom stereocenters. The fourth-order valence-electron chi connectivity index (χ4n) is 3.69. The summed E-state index contributed by atoms with van der Waals surface area (Å²) in [6, 6.07) is 24.8. The van der Waals surface area contributed by atoms with Gasteiger partial charge >= 0.3 is 5.97 Å². The predicted octanol–water partition coefficient (Wildman–Crippen LogP) is 4.03. The Labute approximate surface area is 199 Å². The Morgan fingerprint density at radius 1 is 0.912 bits per heavy atom. The Morgan fingerprint density at radius 3 is 2.00 bits per heavy atom. The lowest BCUT2D eigenvalue weighted by molar-refractivity contribution is -0.141. The number of hydrogen-bond donors (Lipinski definition) is 4. The molecule has 3 aromatic carbocycles. The molecule has 0 aromatic heterocycles. The van der Waals surface area contributed by atoms with Crippen molar-refractivity contribution in [2.45, 2.75) is 25.2 Å². The molecule has 1 amide bonds. The number of benzene rings is 3. The van der Waals surface area contributed by atoms with Gasteiger partial charge < -0.3 is 21.1 Å². The molecule has 0 aliphatic heterocycles. The number of amides is 1. The third kappa shape index (κ3) is 6.64. The minimum atomic E-state index is -4.01. The Balaban J connectivity index is 1.82. The number of hydrogen-bond acceptors (Lipinski definition) is 4. The Hall–Kier alpha value is -3.25. The fraction of sp³-hybridized carbons (Fsp3) is 0.231. The first kappa shape index (κ1) is 25.4. The van der Waals surface area contributed by atoms with Crippen molar-refractivity contribution in [3.05, 3.63) is 96.1 Å².